The van der Waals surface area contributed by atoms with Crippen LogP contribution in [0.3, 0.4) is 0 Å². The Kier molecular flexibility index (Phi) is 6.32. The second kappa shape index (κ2) is 7.53. The van der Waals surface area contributed by atoms with Crippen molar-refractivity contribution >= 4 is 15.9 Å². The Balaban J connectivity index is 2.59. The number of ether oxygens (including phenoxy) is 1. The number of aryl methyl sites for hydroxylation is 1. The second-order valence-corrected chi connectivity index (χ2v) is 6.81. The molecular weight excluding hydrogens is 292 g/mol. The summed E-state index contributed by atoms with van der Waals surface area (Å²) in [5.41, 5.74) is 0.980. The van der Waals surface area contributed by atoms with Crippen LogP contribution in [-0.4, -0.2) is 34.1 Å². The molecule has 3 N–H and O–H groups in total. The fraction of sp³-hybridized carbons (Fsp3) is 0.500. The molecule has 7 heteroatoms. The molecule has 21 heavy (non-hydrogen) atoms. The van der Waals surface area contributed by atoms with Gasteiger partial charge >= 0.3 is 0 Å². The van der Waals surface area contributed by atoms with Gasteiger partial charge in [-0.15, -0.1) is 0 Å². The van der Waals surface area contributed by atoms with Crippen molar-refractivity contribution in [3.63, 3.8) is 0 Å². The van der Waals surface area contributed by atoms with E-state index in [4.69, 9.17) is 9.88 Å². The first kappa shape index (κ1) is 17.6. The molecule has 1 aromatic rings. The number of sulfonamides is 1. The first-order valence-electron chi connectivity index (χ1n) is 6.71. The lowest BCUT2D eigenvalue weighted by atomic mass is 10.1. The molecule has 0 aliphatic carbocycles. The van der Waals surface area contributed by atoms with Crippen LogP contribution in [0, 0.1) is 12.8 Å². The summed E-state index contributed by atoms with van der Waals surface area (Å²) < 4.78 is 27.8. The van der Waals surface area contributed by atoms with Gasteiger partial charge in [0.15, 0.2) is 0 Å². The van der Waals surface area contributed by atoms with Crippen LogP contribution in [0.25, 0.3) is 0 Å². The molecule has 1 aromatic carbocycles. The van der Waals surface area contributed by atoms with Crippen molar-refractivity contribution in [2.24, 2.45) is 11.1 Å². The van der Waals surface area contributed by atoms with E-state index in [0.29, 0.717) is 36.8 Å². The zero-order valence-corrected chi connectivity index (χ0v) is 13.4. The van der Waals surface area contributed by atoms with E-state index in [2.05, 4.69) is 19.2 Å². The highest BCUT2D eigenvalue weighted by Crippen LogP contribution is 2.14. The number of nitrogens with one attached hydrogen (secondary N) is 1. The van der Waals surface area contributed by atoms with E-state index in [1.807, 2.05) is 0 Å². The molecule has 0 aliphatic heterocycles. The van der Waals surface area contributed by atoms with E-state index in [-0.39, 0.29) is 10.8 Å². The van der Waals surface area contributed by atoms with Crippen molar-refractivity contribution in [2.45, 2.75) is 25.7 Å². The number of carbonyl (C=O) groups excluding carboxylic acids is 1. The lowest BCUT2D eigenvalue weighted by Gasteiger charge is -2.10. The molecule has 6 nitrogen and oxygen atoms in total. The van der Waals surface area contributed by atoms with Gasteiger partial charge in [0.25, 0.3) is 5.91 Å². The largest absolute Gasteiger partial charge is 0.379 e. The average Bonchev–Trinajstić information content (AvgIpc) is 2.36. The smallest absolute Gasteiger partial charge is 0.251 e. The van der Waals surface area contributed by atoms with E-state index in [0.717, 1.165) is 0 Å². The number of hydrogen-bond donors (Lipinski definition) is 2. The molecule has 1 rings (SSSR count). The molecule has 0 aliphatic rings. The maximum Gasteiger partial charge on any atom is 0.251 e. The Morgan fingerprint density at radius 3 is 2.57 bits per heavy atom. The third-order valence-electron chi connectivity index (χ3n) is 2.75. The first-order chi connectivity index (χ1) is 9.71. The van der Waals surface area contributed by atoms with Crippen molar-refractivity contribution in [2.75, 3.05) is 19.8 Å². The van der Waals surface area contributed by atoms with Crippen LogP contribution in [0.4, 0.5) is 0 Å². The molecule has 118 valence electrons. The van der Waals surface area contributed by atoms with Gasteiger partial charge in [-0.2, -0.15) is 0 Å². The monoisotopic (exact) mass is 314 g/mol. The number of primary sulfonamides is 1. The minimum atomic E-state index is -3.75. The van der Waals surface area contributed by atoms with Crippen molar-refractivity contribution in [3.05, 3.63) is 29.3 Å². The standard InChI is InChI=1S/C14H22N2O4S/c1-10(2)9-20-7-6-16-14(17)13-5-4-12(8-11(13)3)21(15,18)19/h4-5,8,10H,6-7,9H2,1-3H3,(H,16,17)(H2,15,18,19). The van der Waals surface area contributed by atoms with Crippen molar-refractivity contribution in [3.8, 4) is 0 Å². The molecule has 0 spiro atoms. The highest BCUT2D eigenvalue weighted by Gasteiger charge is 2.13. The summed E-state index contributed by atoms with van der Waals surface area (Å²) in [5.74, 6) is 0.190. The van der Waals surface area contributed by atoms with Crippen LogP contribution < -0.4 is 10.5 Å². The van der Waals surface area contributed by atoms with Gasteiger partial charge in [0, 0.05) is 18.7 Å². The van der Waals surface area contributed by atoms with Gasteiger partial charge in [-0.25, -0.2) is 13.6 Å². The molecule has 0 saturated heterocycles. The van der Waals surface area contributed by atoms with Gasteiger partial charge in [-0.3, -0.25) is 4.79 Å². The van der Waals surface area contributed by atoms with Gasteiger partial charge in [0.1, 0.15) is 0 Å². The molecule has 0 bridgehead atoms. The van der Waals surface area contributed by atoms with E-state index < -0.39 is 10.0 Å². The number of carbonyl (C=O) groups is 1. The van der Waals surface area contributed by atoms with Gasteiger partial charge < -0.3 is 10.1 Å². The number of rotatable bonds is 7. The van der Waals surface area contributed by atoms with Gasteiger partial charge in [0.05, 0.1) is 11.5 Å². The molecule has 0 aromatic heterocycles. The quantitative estimate of drug-likeness (QED) is 0.735. The molecule has 0 radical (unpaired) electrons. The van der Waals surface area contributed by atoms with E-state index in [9.17, 15) is 13.2 Å². The Morgan fingerprint density at radius 1 is 1.38 bits per heavy atom. The Morgan fingerprint density at radius 2 is 2.05 bits per heavy atom. The minimum absolute atomic E-state index is 0.00295. The predicted octanol–water partition coefficient (Wildman–Crippen LogP) is 1.04. The van der Waals surface area contributed by atoms with Gasteiger partial charge in [0.2, 0.25) is 10.0 Å². The second-order valence-electron chi connectivity index (χ2n) is 5.25. The fourth-order valence-electron chi connectivity index (χ4n) is 1.72. The highest BCUT2D eigenvalue weighted by molar-refractivity contribution is 7.89. The molecule has 0 saturated carbocycles. The van der Waals surface area contributed by atoms with Crippen LogP contribution in [-0.2, 0) is 14.8 Å². The van der Waals surface area contributed by atoms with Crippen LogP contribution in [0.5, 0.6) is 0 Å². The topological polar surface area (TPSA) is 98.5 Å². The van der Waals surface area contributed by atoms with Crippen LogP contribution in [0.15, 0.2) is 23.1 Å². The van der Waals surface area contributed by atoms with E-state index in [1.54, 1.807) is 6.92 Å². The number of hydrogen-bond acceptors (Lipinski definition) is 4. The summed E-state index contributed by atoms with van der Waals surface area (Å²) in [7, 11) is -3.75. The molecule has 0 atom stereocenters. The zero-order chi connectivity index (χ0) is 16.0. The number of amides is 1. The van der Waals surface area contributed by atoms with Gasteiger partial charge in [-0.05, 0) is 36.6 Å². The van der Waals surface area contributed by atoms with Crippen molar-refractivity contribution in [1.29, 1.82) is 0 Å². The summed E-state index contributed by atoms with van der Waals surface area (Å²) in [6, 6.07) is 4.17. The molecular formula is C14H22N2O4S. The summed E-state index contributed by atoms with van der Waals surface area (Å²) in [4.78, 5) is 12.0. The molecule has 0 heterocycles. The van der Waals surface area contributed by atoms with Crippen molar-refractivity contribution in [1.82, 2.24) is 5.32 Å². The number of nitrogens with two attached hydrogens (primary N) is 1. The maximum atomic E-state index is 12.0. The minimum Gasteiger partial charge on any atom is -0.379 e. The van der Waals surface area contributed by atoms with Gasteiger partial charge in [-0.1, -0.05) is 13.8 Å². The third-order valence-corrected chi connectivity index (χ3v) is 3.67. The van der Waals surface area contributed by atoms with E-state index >= 15 is 0 Å². The average molecular weight is 314 g/mol. The molecule has 0 fully saturated rings. The Labute approximate surface area is 125 Å². The van der Waals surface area contributed by atoms with E-state index in [1.165, 1.54) is 18.2 Å². The fourth-order valence-corrected chi connectivity index (χ4v) is 2.32. The molecule has 1 amide bonds. The maximum absolute atomic E-state index is 12.0. The third kappa shape index (κ3) is 5.82. The van der Waals surface area contributed by atoms with Crippen LogP contribution in [0.1, 0.15) is 29.8 Å². The van der Waals surface area contributed by atoms with Crippen molar-refractivity contribution < 1.29 is 17.9 Å². The van der Waals surface area contributed by atoms with Crippen LogP contribution >= 0.6 is 0 Å². The Bertz CT molecular complexity index is 597. The highest BCUT2D eigenvalue weighted by atomic mass is 32.2. The summed E-state index contributed by atoms with van der Waals surface area (Å²) in [6.45, 7) is 7.26. The Hall–Kier alpha value is -1.44. The number of benzene rings is 1. The predicted molar refractivity (Wildman–Crippen MR) is 80.5 cm³/mol. The normalized spacial score (nSPS) is 11.7. The summed E-state index contributed by atoms with van der Waals surface area (Å²) in [6.07, 6.45) is 0. The molecule has 0 unspecified atom stereocenters. The lowest BCUT2D eigenvalue weighted by molar-refractivity contribution is 0.0885. The lowest BCUT2D eigenvalue weighted by Crippen LogP contribution is -2.28. The SMILES string of the molecule is Cc1cc(S(N)(=O)=O)ccc1C(=O)NCCOCC(C)C. The summed E-state index contributed by atoms with van der Waals surface area (Å²) >= 11 is 0. The van der Waals surface area contributed by atoms with Crippen LogP contribution in [0.2, 0.25) is 0 Å². The zero-order valence-electron chi connectivity index (χ0n) is 12.5. The summed E-state index contributed by atoms with van der Waals surface area (Å²) in [5, 5.41) is 7.77. The first-order valence-corrected chi connectivity index (χ1v) is 8.26.